The first kappa shape index (κ1) is 24.3. The van der Waals surface area contributed by atoms with Crippen molar-refractivity contribution in [3.8, 4) is 6.07 Å². The van der Waals surface area contributed by atoms with Crippen molar-refractivity contribution in [2.24, 2.45) is 17.8 Å². The van der Waals surface area contributed by atoms with Gasteiger partial charge in [-0.25, -0.2) is 12.7 Å². The predicted molar refractivity (Wildman–Crippen MR) is 113 cm³/mol. The number of halogens is 3. The molecule has 0 radical (unpaired) electrons. The van der Waals surface area contributed by atoms with Gasteiger partial charge in [0, 0.05) is 38.4 Å². The Morgan fingerprint density at radius 1 is 1.25 bits per heavy atom. The molecule has 2 aliphatic heterocycles. The van der Waals surface area contributed by atoms with E-state index in [0.29, 0.717) is 38.2 Å². The van der Waals surface area contributed by atoms with Crippen molar-refractivity contribution in [1.82, 2.24) is 9.62 Å². The Morgan fingerprint density at radius 2 is 1.91 bits per heavy atom. The number of nitrogens with zero attached hydrogens (tertiary/aromatic N) is 3. The molecular weight excluding hydrogens is 445 g/mol. The van der Waals surface area contributed by atoms with Gasteiger partial charge in [0.2, 0.25) is 15.9 Å². The van der Waals surface area contributed by atoms with Crippen molar-refractivity contribution in [3.05, 3.63) is 29.3 Å². The molecule has 7 nitrogen and oxygen atoms in total. The lowest BCUT2D eigenvalue weighted by atomic mass is 9.78. The third kappa shape index (κ3) is 5.18. The largest absolute Gasteiger partial charge is 0.417 e. The van der Waals surface area contributed by atoms with Gasteiger partial charge in [-0.2, -0.15) is 18.4 Å². The van der Waals surface area contributed by atoms with E-state index in [1.807, 2.05) is 11.8 Å². The summed E-state index contributed by atoms with van der Waals surface area (Å²) in [5.41, 5.74) is -0.956. The summed E-state index contributed by atoms with van der Waals surface area (Å²) in [5, 5.41) is 11.8. The van der Waals surface area contributed by atoms with E-state index < -0.39 is 33.2 Å². The molecule has 0 bridgehead atoms. The number of benzene rings is 1. The minimum Gasteiger partial charge on any atom is -0.372 e. The van der Waals surface area contributed by atoms with E-state index >= 15 is 0 Å². The van der Waals surface area contributed by atoms with Crippen molar-refractivity contribution >= 4 is 21.6 Å². The van der Waals surface area contributed by atoms with Crippen LogP contribution in [0.5, 0.6) is 0 Å². The van der Waals surface area contributed by atoms with Gasteiger partial charge in [-0.3, -0.25) is 4.79 Å². The summed E-state index contributed by atoms with van der Waals surface area (Å²) in [6, 6.07) is 5.31. The van der Waals surface area contributed by atoms with Crippen LogP contribution in [0.15, 0.2) is 18.2 Å². The fourth-order valence-electron chi connectivity index (χ4n) is 4.77. The van der Waals surface area contributed by atoms with Crippen LogP contribution in [0.25, 0.3) is 0 Å². The highest BCUT2D eigenvalue weighted by Gasteiger charge is 2.45. The number of rotatable bonds is 5. The Labute approximate surface area is 186 Å². The molecule has 1 aromatic rings. The number of piperidine rings is 1. The second kappa shape index (κ2) is 9.27. The van der Waals surface area contributed by atoms with Gasteiger partial charge in [0.15, 0.2) is 0 Å². The Morgan fingerprint density at radius 3 is 2.44 bits per heavy atom. The molecule has 2 heterocycles. The highest BCUT2D eigenvalue weighted by Crippen LogP contribution is 2.39. The zero-order valence-electron chi connectivity index (χ0n) is 18.0. The average Bonchev–Trinajstić information content (AvgIpc) is 3.19. The van der Waals surface area contributed by atoms with Crippen molar-refractivity contribution in [3.63, 3.8) is 0 Å². The number of amides is 1. The molecule has 176 valence electrons. The van der Waals surface area contributed by atoms with Crippen LogP contribution in [0.4, 0.5) is 18.9 Å². The van der Waals surface area contributed by atoms with Crippen LogP contribution in [-0.2, 0) is 21.0 Å². The maximum Gasteiger partial charge on any atom is 0.417 e. The summed E-state index contributed by atoms with van der Waals surface area (Å²) in [5.74, 6) is -0.642. The minimum absolute atomic E-state index is 0.0890. The van der Waals surface area contributed by atoms with Crippen molar-refractivity contribution in [2.75, 3.05) is 43.9 Å². The maximum absolute atomic E-state index is 13.3. The van der Waals surface area contributed by atoms with Gasteiger partial charge in [-0.15, -0.1) is 0 Å². The molecule has 0 saturated carbocycles. The first-order chi connectivity index (χ1) is 15.0. The highest BCUT2D eigenvalue weighted by molar-refractivity contribution is 7.88. The van der Waals surface area contributed by atoms with Crippen LogP contribution in [0.1, 0.15) is 30.9 Å². The fourth-order valence-corrected chi connectivity index (χ4v) is 5.64. The van der Waals surface area contributed by atoms with E-state index in [1.54, 1.807) is 6.07 Å². The molecule has 2 atom stereocenters. The maximum atomic E-state index is 13.3. The Hall–Kier alpha value is -2.32. The van der Waals surface area contributed by atoms with Gasteiger partial charge in [-0.1, -0.05) is 0 Å². The van der Waals surface area contributed by atoms with Crippen molar-refractivity contribution in [2.45, 2.75) is 25.9 Å². The topological polar surface area (TPSA) is 93.5 Å². The fraction of sp³-hybridized carbons (Fsp3) is 0.619. The Balaban J connectivity index is 1.74. The van der Waals surface area contributed by atoms with E-state index in [4.69, 9.17) is 5.26 Å². The number of carbonyl (C=O) groups is 1. The number of nitrogens with one attached hydrogen (secondary N) is 1. The number of carbonyl (C=O) groups excluding carboxylic acids is 1. The summed E-state index contributed by atoms with van der Waals surface area (Å²) in [6.45, 7) is 3.68. The molecule has 1 aromatic carbocycles. The van der Waals surface area contributed by atoms with Gasteiger partial charge in [0.05, 0.1) is 29.4 Å². The van der Waals surface area contributed by atoms with Crippen LogP contribution in [0.3, 0.4) is 0 Å². The lowest BCUT2D eigenvalue weighted by Gasteiger charge is -2.37. The second-order valence-electron chi connectivity index (χ2n) is 8.41. The second-order valence-corrected chi connectivity index (χ2v) is 10.4. The van der Waals surface area contributed by atoms with E-state index in [9.17, 15) is 26.4 Å². The van der Waals surface area contributed by atoms with Gasteiger partial charge in [0.25, 0.3) is 0 Å². The van der Waals surface area contributed by atoms with Gasteiger partial charge >= 0.3 is 6.18 Å². The van der Waals surface area contributed by atoms with Crippen LogP contribution < -0.4 is 10.2 Å². The van der Waals surface area contributed by atoms with Crippen LogP contribution in [0, 0.1) is 29.1 Å². The Kier molecular flexibility index (Phi) is 7.05. The summed E-state index contributed by atoms with van der Waals surface area (Å²) in [7, 11) is -3.42. The molecule has 3 rings (SSSR count). The lowest BCUT2D eigenvalue weighted by Crippen LogP contribution is -2.41. The molecule has 0 aromatic heterocycles. The van der Waals surface area contributed by atoms with Crippen LogP contribution in [-0.4, -0.2) is 57.6 Å². The van der Waals surface area contributed by atoms with E-state index in [1.165, 1.54) is 16.4 Å². The summed E-state index contributed by atoms with van der Waals surface area (Å²) < 4.78 is 65.4. The molecule has 2 fully saturated rings. The highest BCUT2D eigenvalue weighted by atomic mass is 32.2. The zero-order valence-corrected chi connectivity index (χ0v) is 18.8. The summed E-state index contributed by atoms with van der Waals surface area (Å²) in [4.78, 5) is 14.4. The average molecular weight is 473 g/mol. The van der Waals surface area contributed by atoms with Crippen LogP contribution in [0.2, 0.25) is 0 Å². The first-order valence-corrected chi connectivity index (χ1v) is 12.4. The van der Waals surface area contributed by atoms with Crippen molar-refractivity contribution in [1.29, 1.82) is 5.26 Å². The molecule has 0 unspecified atom stereocenters. The predicted octanol–water partition coefficient (Wildman–Crippen LogP) is 2.44. The van der Waals surface area contributed by atoms with Gasteiger partial charge in [0.1, 0.15) is 0 Å². The molecule has 1 N–H and O–H groups in total. The third-order valence-electron chi connectivity index (χ3n) is 6.43. The van der Waals surface area contributed by atoms with E-state index in [2.05, 4.69) is 5.32 Å². The smallest absolute Gasteiger partial charge is 0.372 e. The molecular formula is C21H27F3N4O3S. The minimum atomic E-state index is -4.61. The molecule has 2 saturated heterocycles. The zero-order chi connectivity index (χ0) is 23.7. The van der Waals surface area contributed by atoms with Crippen molar-refractivity contribution < 1.29 is 26.4 Å². The lowest BCUT2D eigenvalue weighted by molar-refractivity contribution is -0.137. The monoisotopic (exact) mass is 472 g/mol. The summed E-state index contributed by atoms with van der Waals surface area (Å²) in [6.07, 6.45) is -2.20. The van der Waals surface area contributed by atoms with Gasteiger partial charge < -0.3 is 10.2 Å². The summed E-state index contributed by atoms with van der Waals surface area (Å²) >= 11 is 0. The molecule has 1 amide bonds. The van der Waals surface area contributed by atoms with E-state index in [-0.39, 0.29) is 30.8 Å². The number of hydrogen-bond acceptors (Lipinski definition) is 5. The normalized spacial score (nSPS) is 23.2. The van der Waals surface area contributed by atoms with E-state index in [0.717, 1.165) is 12.3 Å². The number of nitriles is 1. The van der Waals surface area contributed by atoms with Gasteiger partial charge in [-0.05, 0) is 49.8 Å². The SMILES string of the molecule is CCNC(=O)[C@@H]1CN(S(C)(=O)=O)C[C@H]1C1CCN(c2ccc(C#N)c(C(F)(F)F)c2)CC1. The molecule has 0 spiro atoms. The first-order valence-electron chi connectivity index (χ1n) is 10.5. The molecule has 32 heavy (non-hydrogen) atoms. The number of anilines is 1. The number of sulfonamides is 1. The number of hydrogen-bond donors (Lipinski definition) is 1. The quantitative estimate of drug-likeness (QED) is 0.711. The molecule has 11 heteroatoms. The van der Waals surface area contributed by atoms with Crippen LogP contribution >= 0.6 is 0 Å². The molecule has 0 aliphatic carbocycles. The number of alkyl halides is 3. The third-order valence-corrected chi connectivity index (χ3v) is 7.66. The standard InChI is InChI=1S/C21H27F3N4O3S/c1-3-26-20(29)18-13-28(32(2,30)31)12-17(18)14-6-8-27(9-7-14)16-5-4-15(11-25)19(10-16)21(22,23)24/h4-5,10,14,17-18H,3,6-9,12-13H2,1-2H3,(H,26,29)/t17-,18+/m0/s1. The Bertz CT molecular complexity index is 999. The molecule has 2 aliphatic rings.